The predicted octanol–water partition coefficient (Wildman–Crippen LogP) is 2.78. The summed E-state index contributed by atoms with van der Waals surface area (Å²) in [6.45, 7) is 1.34. The Morgan fingerprint density at radius 2 is 2.00 bits per heavy atom. The molecule has 0 saturated carbocycles. The van der Waals surface area contributed by atoms with E-state index >= 15 is 0 Å². The molecule has 1 aromatic carbocycles. The largest absolute Gasteiger partial charge is 0.457 e. The number of benzene rings is 1. The fourth-order valence-electron chi connectivity index (χ4n) is 1.82. The van der Waals surface area contributed by atoms with Gasteiger partial charge in [-0.25, -0.2) is 14.4 Å². The van der Waals surface area contributed by atoms with Gasteiger partial charge in [0.15, 0.2) is 0 Å². The Hall–Kier alpha value is -3.08. The number of aliphatic imine (C=N–C) groups is 1. The minimum atomic E-state index is -4.83. The highest BCUT2D eigenvalue weighted by Gasteiger charge is 2.34. The van der Waals surface area contributed by atoms with E-state index in [0.29, 0.717) is 17.7 Å². The molecule has 1 atom stereocenters. The van der Waals surface area contributed by atoms with Gasteiger partial charge in [0.25, 0.3) is 0 Å². The van der Waals surface area contributed by atoms with Crippen LogP contribution in [-0.2, 0) is 6.18 Å². The maximum atomic E-state index is 13.3. The van der Waals surface area contributed by atoms with Crippen molar-refractivity contribution in [2.75, 3.05) is 6.61 Å². The SMILES string of the molecule is CC(O)c1cnc(OCC(C=Nc2ccc(F)c(C(F)(F)F)c2)=NN)nc1. The van der Waals surface area contributed by atoms with E-state index in [2.05, 4.69) is 20.1 Å². The van der Waals surface area contributed by atoms with Crippen molar-refractivity contribution in [3.05, 3.63) is 47.5 Å². The number of aliphatic hydroxyl groups excluding tert-OH is 1. The molecule has 0 radical (unpaired) electrons. The maximum absolute atomic E-state index is 13.3. The van der Waals surface area contributed by atoms with Crippen molar-refractivity contribution in [1.82, 2.24) is 9.97 Å². The van der Waals surface area contributed by atoms with Gasteiger partial charge in [-0.05, 0) is 25.1 Å². The van der Waals surface area contributed by atoms with Crippen LogP contribution < -0.4 is 10.6 Å². The lowest BCUT2D eigenvalue weighted by Gasteiger charge is -2.08. The Bertz CT molecular complexity index is 836. The summed E-state index contributed by atoms with van der Waals surface area (Å²) in [6.07, 6.45) is -1.74. The van der Waals surface area contributed by atoms with Crippen molar-refractivity contribution < 1.29 is 27.4 Å². The summed E-state index contributed by atoms with van der Waals surface area (Å²) in [5, 5.41) is 12.8. The van der Waals surface area contributed by atoms with Gasteiger partial charge < -0.3 is 15.7 Å². The summed E-state index contributed by atoms with van der Waals surface area (Å²) in [7, 11) is 0. The van der Waals surface area contributed by atoms with Crippen LogP contribution in [0.1, 0.15) is 24.2 Å². The smallest absolute Gasteiger partial charge is 0.419 e. The van der Waals surface area contributed by atoms with Crippen LogP contribution in [0.15, 0.2) is 40.7 Å². The summed E-state index contributed by atoms with van der Waals surface area (Å²) in [5.41, 5.74) is -0.988. The molecule has 1 unspecified atom stereocenters. The third-order valence-electron chi connectivity index (χ3n) is 3.26. The van der Waals surface area contributed by atoms with E-state index in [4.69, 9.17) is 10.6 Å². The van der Waals surface area contributed by atoms with Crippen LogP contribution >= 0.6 is 0 Å². The van der Waals surface area contributed by atoms with E-state index in [1.165, 1.54) is 12.4 Å². The van der Waals surface area contributed by atoms with Crippen molar-refractivity contribution in [1.29, 1.82) is 0 Å². The summed E-state index contributed by atoms with van der Waals surface area (Å²) < 4.78 is 56.6. The van der Waals surface area contributed by atoms with E-state index in [9.17, 15) is 22.7 Å². The molecule has 11 heteroatoms. The molecule has 2 aromatic rings. The number of hydrogen-bond acceptors (Lipinski definition) is 7. The Morgan fingerprint density at radius 3 is 2.56 bits per heavy atom. The van der Waals surface area contributed by atoms with E-state index < -0.39 is 23.7 Å². The quantitative estimate of drug-likeness (QED) is 0.344. The van der Waals surface area contributed by atoms with Crippen molar-refractivity contribution in [2.24, 2.45) is 15.9 Å². The first kappa shape index (κ1) is 20.2. The van der Waals surface area contributed by atoms with E-state index in [1.807, 2.05) is 0 Å². The number of rotatable bonds is 6. The van der Waals surface area contributed by atoms with Crippen molar-refractivity contribution in [3.63, 3.8) is 0 Å². The summed E-state index contributed by atoms with van der Waals surface area (Å²) >= 11 is 0. The van der Waals surface area contributed by atoms with Crippen molar-refractivity contribution in [2.45, 2.75) is 19.2 Å². The highest BCUT2D eigenvalue weighted by atomic mass is 19.4. The zero-order valence-corrected chi connectivity index (χ0v) is 14.0. The molecule has 0 aliphatic rings. The molecule has 0 fully saturated rings. The lowest BCUT2D eigenvalue weighted by Crippen LogP contribution is -2.16. The fourth-order valence-corrected chi connectivity index (χ4v) is 1.82. The third-order valence-corrected chi connectivity index (χ3v) is 3.26. The third kappa shape index (κ3) is 5.71. The highest BCUT2D eigenvalue weighted by Crippen LogP contribution is 2.33. The van der Waals surface area contributed by atoms with Crippen molar-refractivity contribution in [3.8, 4) is 6.01 Å². The standard InChI is InChI=1S/C16H15F4N5O2/c1-9(26)10-5-23-15(24-6-10)27-8-12(25-21)7-22-11-2-3-14(17)13(4-11)16(18,19)20/h2-7,9,26H,8,21H2,1H3. The van der Waals surface area contributed by atoms with Gasteiger partial charge in [0, 0.05) is 18.0 Å². The molecule has 0 aliphatic heterocycles. The van der Waals surface area contributed by atoms with E-state index in [1.54, 1.807) is 6.92 Å². The Labute approximate surface area is 151 Å². The van der Waals surface area contributed by atoms with Gasteiger partial charge in [0.1, 0.15) is 18.1 Å². The second kappa shape index (κ2) is 8.54. The van der Waals surface area contributed by atoms with Gasteiger partial charge in [0.2, 0.25) is 0 Å². The molecular formula is C16H15F4N5O2. The minimum Gasteiger partial charge on any atom is -0.457 e. The maximum Gasteiger partial charge on any atom is 0.419 e. The van der Waals surface area contributed by atoms with Gasteiger partial charge in [0.05, 0.1) is 23.6 Å². The zero-order chi connectivity index (χ0) is 20.0. The Morgan fingerprint density at radius 1 is 1.33 bits per heavy atom. The molecule has 144 valence electrons. The number of alkyl halides is 3. The second-order valence-corrected chi connectivity index (χ2v) is 5.30. The zero-order valence-electron chi connectivity index (χ0n) is 14.0. The van der Waals surface area contributed by atoms with Gasteiger partial charge in [-0.2, -0.15) is 18.3 Å². The highest BCUT2D eigenvalue weighted by molar-refractivity contribution is 6.31. The predicted molar refractivity (Wildman–Crippen MR) is 89.3 cm³/mol. The number of hydrazone groups is 1. The first-order chi connectivity index (χ1) is 12.7. The first-order valence-corrected chi connectivity index (χ1v) is 7.51. The van der Waals surface area contributed by atoms with Crippen molar-refractivity contribution >= 4 is 17.6 Å². The Balaban J connectivity index is 2.04. The number of nitrogens with zero attached hydrogens (tertiary/aromatic N) is 4. The average molecular weight is 385 g/mol. The van der Waals surface area contributed by atoms with Gasteiger partial charge in [-0.15, -0.1) is 0 Å². The van der Waals surface area contributed by atoms with Crippen LogP contribution in [0.2, 0.25) is 0 Å². The first-order valence-electron chi connectivity index (χ1n) is 7.51. The number of aliphatic hydroxyl groups is 1. The molecule has 3 N–H and O–H groups in total. The van der Waals surface area contributed by atoms with Crippen LogP contribution in [0.4, 0.5) is 23.2 Å². The van der Waals surface area contributed by atoms with Crippen LogP contribution in [0.5, 0.6) is 6.01 Å². The van der Waals surface area contributed by atoms with Crippen LogP contribution in [0, 0.1) is 5.82 Å². The lowest BCUT2D eigenvalue weighted by atomic mass is 10.2. The number of hydrogen-bond donors (Lipinski definition) is 2. The lowest BCUT2D eigenvalue weighted by molar-refractivity contribution is -0.139. The minimum absolute atomic E-state index is 0.0184. The number of halogens is 4. The molecule has 0 saturated heterocycles. The summed E-state index contributed by atoms with van der Waals surface area (Å²) in [5.74, 6) is 3.80. The van der Waals surface area contributed by atoms with Gasteiger partial charge >= 0.3 is 12.2 Å². The molecule has 1 aromatic heterocycles. The van der Waals surface area contributed by atoms with E-state index in [0.717, 1.165) is 12.3 Å². The summed E-state index contributed by atoms with van der Waals surface area (Å²) in [6, 6.07) is 2.30. The summed E-state index contributed by atoms with van der Waals surface area (Å²) in [4.78, 5) is 11.5. The molecular weight excluding hydrogens is 370 g/mol. The average Bonchev–Trinajstić information content (AvgIpc) is 2.62. The number of nitrogens with two attached hydrogens (primary N) is 1. The molecule has 0 amide bonds. The van der Waals surface area contributed by atoms with Crippen LogP contribution in [0.3, 0.4) is 0 Å². The molecule has 27 heavy (non-hydrogen) atoms. The molecule has 2 rings (SSSR count). The molecule has 0 spiro atoms. The topological polar surface area (TPSA) is 106 Å². The molecule has 7 nitrogen and oxygen atoms in total. The molecule has 0 aliphatic carbocycles. The fraction of sp³-hybridized carbons (Fsp3) is 0.250. The number of ether oxygens (including phenoxy) is 1. The normalized spacial score (nSPS) is 13.8. The van der Waals surface area contributed by atoms with Crippen LogP contribution in [-0.4, -0.2) is 33.6 Å². The molecule has 1 heterocycles. The van der Waals surface area contributed by atoms with E-state index in [-0.39, 0.29) is 24.0 Å². The monoisotopic (exact) mass is 385 g/mol. The second-order valence-electron chi connectivity index (χ2n) is 5.30. The number of aromatic nitrogens is 2. The molecule has 0 bridgehead atoms. The van der Waals surface area contributed by atoms with Gasteiger partial charge in [-0.3, -0.25) is 4.99 Å². The van der Waals surface area contributed by atoms with Gasteiger partial charge in [-0.1, -0.05) is 0 Å². The van der Waals surface area contributed by atoms with Crippen LogP contribution in [0.25, 0.3) is 0 Å². The Kier molecular flexibility index (Phi) is 6.40.